The van der Waals surface area contributed by atoms with Crippen LogP contribution >= 0.6 is 0 Å². The predicted octanol–water partition coefficient (Wildman–Crippen LogP) is 0.234. The summed E-state index contributed by atoms with van der Waals surface area (Å²) in [6, 6.07) is 3.99. The van der Waals surface area contributed by atoms with Crippen LogP contribution in [-0.2, 0) is 0 Å². The number of nitrogens with zero attached hydrogens (tertiary/aromatic N) is 1. The van der Waals surface area contributed by atoms with Crippen molar-refractivity contribution in [2.75, 3.05) is 5.73 Å². The van der Waals surface area contributed by atoms with Gasteiger partial charge in [0.1, 0.15) is 0 Å². The van der Waals surface area contributed by atoms with Gasteiger partial charge < -0.3 is 10.8 Å². The van der Waals surface area contributed by atoms with E-state index in [2.05, 4.69) is 0 Å². The van der Waals surface area contributed by atoms with E-state index in [4.69, 9.17) is 10.8 Å². The Bertz CT molecular complexity index is 303. The Hall–Kier alpha value is -0.144. The fourth-order valence-electron chi connectivity index (χ4n) is 0.696. The van der Waals surface area contributed by atoms with Crippen LogP contribution in [0.5, 0.6) is 5.75 Å². The molecule has 0 unspecified atom stereocenters. The molecule has 0 radical (unpaired) electrons. The van der Waals surface area contributed by atoms with Gasteiger partial charge in [0.25, 0.3) is 0 Å². The molecule has 0 aromatic heterocycles. The molecule has 0 atom stereocenters. The number of phenols is 1. The fraction of sp³-hybridized carbons (Fsp3) is 0. The zero-order valence-corrected chi connectivity index (χ0v) is 5.52. The van der Waals surface area contributed by atoms with Gasteiger partial charge in [-0.2, -0.15) is 0 Å². The molecule has 0 fully saturated rings. The van der Waals surface area contributed by atoms with E-state index in [9.17, 15) is 10.1 Å². The van der Waals surface area contributed by atoms with Gasteiger partial charge in [0, 0.05) is 6.07 Å². The van der Waals surface area contributed by atoms with Gasteiger partial charge in [-0.05, 0) is 6.07 Å². The summed E-state index contributed by atoms with van der Waals surface area (Å²) in [7, 11) is 0. The van der Waals surface area contributed by atoms with Crippen LogP contribution in [0, 0.1) is 10.1 Å². The number of anilines is 1. The quantitative estimate of drug-likeness (QED) is 0.220. The van der Waals surface area contributed by atoms with E-state index in [1.165, 1.54) is 18.2 Å². The third-order valence-corrected chi connectivity index (χ3v) is 1.24. The van der Waals surface area contributed by atoms with E-state index >= 15 is 0 Å². The van der Waals surface area contributed by atoms with Crippen LogP contribution in [0.15, 0.2) is 18.2 Å². The number of phenolic OH excluding ortho intramolecular Hbond substituents is 1. The van der Waals surface area contributed by atoms with Crippen molar-refractivity contribution in [3.8, 4) is 5.75 Å². The van der Waals surface area contributed by atoms with Crippen molar-refractivity contribution in [2.24, 2.45) is 0 Å². The second-order valence-corrected chi connectivity index (χ2v) is 1.97. The first-order chi connectivity index (χ1) is 5.13. The number of nitrogen functional groups attached to an aromatic ring is 1. The summed E-state index contributed by atoms with van der Waals surface area (Å²) in [5.74, 6) is -0.475. The fourth-order valence-corrected chi connectivity index (χ4v) is 0.696. The second kappa shape index (κ2) is 4.78. The number of nitro benzene ring substituents is 1. The number of hydrogen-bond acceptors (Lipinski definition) is 4. The maximum atomic E-state index is 10.2. The van der Waals surface area contributed by atoms with E-state index < -0.39 is 10.7 Å². The van der Waals surface area contributed by atoms with E-state index in [1.54, 1.807) is 0 Å². The standard InChI is InChI=1S/C6H6N2O3.K.H/c7-4-2-1-3-5(6(4)9)8(10)11;;/h1-3,9H,7H2;;. The molecule has 0 bridgehead atoms. The van der Waals surface area contributed by atoms with Gasteiger partial charge in [-0.25, -0.2) is 0 Å². The molecule has 1 aromatic rings. The number of nitro groups is 1. The number of aromatic hydroxyl groups is 1. The van der Waals surface area contributed by atoms with E-state index in [-0.39, 0.29) is 62.8 Å². The molecule has 1 rings (SSSR count). The molecule has 12 heavy (non-hydrogen) atoms. The summed E-state index contributed by atoms with van der Waals surface area (Å²) < 4.78 is 0. The Labute approximate surface area is 111 Å². The number of benzene rings is 1. The zero-order valence-electron chi connectivity index (χ0n) is 5.52. The van der Waals surface area contributed by atoms with Crippen molar-refractivity contribution in [1.82, 2.24) is 0 Å². The van der Waals surface area contributed by atoms with Crippen molar-refractivity contribution >= 4 is 62.8 Å². The van der Waals surface area contributed by atoms with Crippen LogP contribution in [0.3, 0.4) is 0 Å². The van der Waals surface area contributed by atoms with Gasteiger partial charge in [-0.1, -0.05) is 6.07 Å². The van der Waals surface area contributed by atoms with Gasteiger partial charge in [0.05, 0.1) is 10.6 Å². The number of nitrogens with two attached hydrogens (primary N) is 1. The summed E-state index contributed by atoms with van der Waals surface area (Å²) >= 11 is 0. The van der Waals surface area contributed by atoms with E-state index in [0.717, 1.165) is 0 Å². The van der Waals surface area contributed by atoms with Crippen LogP contribution < -0.4 is 5.73 Å². The molecule has 0 aliphatic heterocycles. The van der Waals surface area contributed by atoms with E-state index in [0.29, 0.717) is 0 Å². The third kappa shape index (κ3) is 2.42. The maximum absolute atomic E-state index is 10.2. The van der Waals surface area contributed by atoms with Gasteiger partial charge in [-0.15, -0.1) is 0 Å². The topological polar surface area (TPSA) is 89.4 Å². The second-order valence-electron chi connectivity index (χ2n) is 1.97. The number of hydrogen-bond donors (Lipinski definition) is 2. The Morgan fingerprint density at radius 3 is 2.50 bits per heavy atom. The van der Waals surface area contributed by atoms with Crippen molar-refractivity contribution in [3.05, 3.63) is 28.3 Å². The van der Waals surface area contributed by atoms with Crippen LogP contribution in [-0.4, -0.2) is 61.4 Å². The summed E-state index contributed by atoms with van der Waals surface area (Å²) in [6.45, 7) is 0. The molecule has 0 amide bonds. The first kappa shape index (κ1) is 11.9. The normalized spacial score (nSPS) is 8.67. The zero-order chi connectivity index (χ0) is 8.43. The molecule has 0 saturated carbocycles. The molecule has 0 heterocycles. The van der Waals surface area contributed by atoms with Crippen LogP contribution in [0.1, 0.15) is 0 Å². The Balaban J connectivity index is 0.00000121. The summed E-state index contributed by atoms with van der Waals surface area (Å²) in [6.07, 6.45) is 0. The first-order valence-corrected chi connectivity index (χ1v) is 2.85. The van der Waals surface area contributed by atoms with Gasteiger partial charge in [-0.3, -0.25) is 10.1 Å². The molecular weight excluding hydrogens is 187 g/mol. The molecule has 0 aliphatic rings. The predicted molar refractivity (Wildman–Crippen MR) is 46.3 cm³/mol. The van der Waals surface area contributed by atoms with Gasteiger partial charge in [0.15, 0.2) is 0 Å². The van der Waals surface area contributed by atoms with Crippen LogP contribution in [0.25, 0.3) is 0 Å². The van der Waals surface area contributed by atoms with Crippen LogP contribution in [0.2, 0.25) is 0 Å². The van der Waals surface area contributed by atoms with E-state index in [1.807, 2.05) is 0 Å². The minimum absolute atomic E-state index is 0. The Morgan fingerprint density at radius 2 is 2.08 bits per heavy atom. The average Bonchev–Trinajstić information content (AvgIpc) is 1.94. The van der Waals surface area contributed by atoms with Gasteiger partial charge >= 0.3 is 57.1 Å². The SMILES string of the molecule is Nc1cccc([N+](=O)[O-])c1O.[KH]. The average molecular weight is 194 g/mol. The molecular formula is C6H7KN2O3. The van der Waals surface area contributed by atoms with Crippen molar-refractivity contribution in [3.63, 3.8) is 0 Å². The molecule has 6 heteroatoms. The number of rotatable bonds is 1. The molecule has 0 saturated heterocycles. The summed E-state index contributed by atoms with van der Waals surface area (Å²) in [5.41, 5.74) is 4.85. The van der Waals surface area contributed by atoms with Gasteiger partial charge in [0.2, 0.25) is 5.75 Å². The Morgan fingerprint density at radius 1 is 1.50 bits per heavy atom. The first-order valence-electron chi connectivity index (χ1n) is 2.85. The van der Waals surface area contributed by atoms with Crippen molar-refractivity contribution in [2.45, 2.75) is 0 Å². The molecule has 3 N–H and O–H groups in total. The monoisotopic (exact) mass is 194 g/mol. The van der Waals surface area contributed by atoms with Crippen molar-refractivity contribution in [1.29, 1.82) is 0 Å². The summed E-state index contributed by atoms with van der Waals surface area (Å²) in [4.78, 5) is 9.48. The molecule has 60 valence electrons. The summed E-state index contributed by atoms with van der Waals surface area (Å²) in [5, 5.41) is 19.2. The third-order valence-electron chi connectivity index (χ3n) is 1.24. The minimum atomic E-state index is -0.689. The number of para-hydroxylation sites is 1. The van der Waals surface area contributed by atoms with Crippen LogP contribution in [0.4, 0.5) is 11.4 Å². The molecule has 0 spiro atoms. The molecule has 0 aliphatic carbocycles. The Kier molecular flexibility index (Phi) is 4.72. The molecule has 1 aromatic carbocycles. The van der Waals surface area contributed by atoms with Crippen molar-refractivity contribution < 1.29 is 10.0 Å². The molecule has 5 nitrogen and oxygen atoms in total.